The van der Waals surface area contributed by atoms with Gasteiger partial charge in [0, 0.05) is 11.5 Å². The van der Waals surface area contributed by atoms with Crippen molar-refractivity contribution in [2.24, 2.45) is 11.8 Å². The highest BCUT2D eigenvalue weighted by atomic mass is 16.4. The number of carboxylic acids is 1. The van der Waals surface area contributed by atoms with Crippen LogP contribution in [0.1, 0.15) is 44.6 Å². The van der Waals surface area contributed by atoms with Crippen molar-refractivity contribution >= 4 is 11.9 Å². The summed E-state index contributed by atoms with van der Waals surface area (Å²) in [6.45, 7) is 2.06. The molecule has 3 unspecified atom stereocenters. The topological polar surface area (TPSA) is 66.4 Å². The number of nitrogens with one attached hydrogen (secondary N) is 1. The Morgan fingerprint density at radius 2 is 1.82 bits per heavy atom. The molecule has 22 heavy (non-hydrogen) atoms. The van der Waals surface area contributed by atoms with Crippen LogP contribution in [0.15, 0.2) is 30.3 Å². The van der Waals surface area contributed by atoms with E-state index in [1.165, 1.54) is 18.4 Å². The van der Waals surface area contributed by atoms with Gasteiger partial charge >= 0.3 is 5.97 Å². The molecule has 2 aliphatic carbocycles. The first-order chi connectivity index (χ1) is 10.5. The number of amides is 1. The number of carbonyl (C=O) groups is 2. The van der Waals surface area contributed by atoms with Crippen LogP contribution in [0.5, 0.6) is 0 Å². The summed E-state index contributed by atoms with van der Waals surface area (Å²) in [7, 11) is 0. The normalized spacial score (nSPS) is 27.1. The summed E-state index contributed by atoms with van der Waals surface area (Å²) in [5.41, 5.74) is 1.27. The second kappa shape index (κ2) is 5.75. The first-order valence-electron chi connectivity index (χ1n) is 8.13. The van der Waals surface area contributed by atoms with Crippen LogP contribution in [0.3, 0.4) is 0 Å². The molecule has 2 saturated carbocycles. The molecule has 0 aliphatic heterocycles. The lowest BCUT2D eigenvalue weighted by molar-refractivity contribution is -0.140. The van der Waals surface area contributed by atoms with Crippen molar-refractivity contribution < 1.29 is 14.7 Å². The molecule has 118 valence electrons. The Balaban J connectivity index is 1.73. The van der Waals surface area contributed by atoms with Crippen molar-refractivity contribution in [3.63, 3.8) is 0 Å². The minimum Gasteiger partial charge on any atom is -0.481 e. The second-order valence-electron chi connectivity index (χ2n) is 6.75. The Morgan fingerprint density at radius 3 is 2.36 bits per heavy atom. The molecule has 2 aliphatic rings. The molecule has 4 heteroatoms. The third-order valence-corrected chi connectivity index (χ3v) is 5.48. The van der Waals surface area contributed by atoms with Gasteiger partial charge in [0.2, 0.25) is 5.91 Å². The molecule has 1 aromatic rings. The van der Waals surface area contributed by atoms with Gasteiger partial charge in [-0.15, -0.1) is 0 Å². The summed E-state index contributed by atoms with van der Waals surface area (Å²) in [6, 6.07) is 10.4. The van der Waals surface area contributed by atoms with Crippen LogP contribution >= 0.6 is 0 Å². The highest BCUT2D eigenvalue weighted by Gasteiger charge is 2.50. The number of rotatable bonds is 5. The lowest BCUT2D eigenvalue weighted by Crippen LogP contribution is -2.48. The molecule has 0 spiro atoms. The second-order valence-corrected chi connectivity index (χ2v) is 6.75. The minimum absolute atomic E-state index is 0.00939. The number of hydrogen-bond donors (Lipinski definition) is 2. The maximum absolute atomic E-state index is 12.3. The predicted molar refractivity (Wildman–Crippen MR) is 83.4 cm³/mol. The van der Waals surface area contributed by atoms with Crippen LogP contribution in [-0.4, -0.2) is 23.0 Å². The highest BCUT2D eigenvalue weighted by Crippen LogP contribution is 2.45. The van der Waals surface area contributed by atoms with Crippen molar-refractivity contribution in [3.05, 3.63) is 35.9 Å². The van der Waals surface area contributed by atoms with E-state index in [0.717, 1.165) is 12.8 Å². The summed E-state index contributed by atoms with van der Waals surface area (Å²) in [5.74, 6) is -1.77. The fourth-order valence-electron chi connectivity index (χ4n) is 3.96. The van der Waals surface area contributed by atoms with Gasteiger partial charge in [0.25, 0.3) is 0 Å². The van der Waals surface area contributed by atoms with Crippen molar-refractivity contribution in [1.82, 2.24) is 5.32 Å². The van der Waals surface area contributed by atoms with Gasteiger partial charge in [-0.1, -0.05) is 43.2 Å². The molecule has 0 heterocycles. The fourth-order valence-corrected chi connectivity index (χ4v) is 3.96. The smallest absolute Gasteiger partial charge is 0.307 e. The molecule has 4 nitrogen and oxygen atoms in total. The Bertz CT molecular complexity index is 563. The molecular formula is C18H23NO3. The van der Waals surface area contributed by atoms with Gasteiger partial charge < -0.3 is 10.4 Å². The van der Waals surface area contributed by atoms with Crippen molar-refractivity contribution in [3.8, 4) is 0 Å². The summed E-state index contributed by atoms with van der Waals surface area (Å²) >= 11 is 0. The van der Waals surface area contributed by atoms with Gasteiger partial charge in [0.05, 0.1) is 11.8 Å². The molecule has 2 N–H and O–H groups in total. The average Bonchev–Trinajstić information content (AvgIpc) is 3.18. The van der Waals surface area contributed by atoms with Gasteiger partial charge in [-0.2, -0.15) is 0 Å². The van der Waals surface area contributed by atoms with Crippen LogP contribution < -0.4 is 5.32 Å². The fraction of sp³-hybridized carbons (Fsp3) is 0.556. The molecule has 1 aromatic carbocycles. The van der Waals surface area contributed by atoms with E-state index in [1.54, 1.807) is 0 Å². The molecule has 0 saturated heterocycles. The SMILES string of the molecule is CC(NC(=O)C1CC1C(=O)O)C1(c2ccccc2)CCCC1. The Morgan fingerprint density at radius 1 is 1.18 bits per heavy atom. The Labute approximate surface area is 130 Å². The van der Waals surface area contributed by atoms with Gasteiger partial charge in [0.1, 0.15) is 0 Å². The molecule has 2 fully saturated rings. The van der Waals surface area contributed by atoms with E-state index in [2.05, 4.69) is 24.4 Å². The number of carbonyl (C=O) groups excluding carboxylic acids is 1. The molecular weight excluding hydrogens is 278 g/mol. The highest BCUT2D eigenvalue weighted by molar-refractivity contribution is 5.89. The van der Waals surface area contributed by atoms with E-state index in [9.17, 15) is 9.59 Å². The van der Waals surface area contributed by atoms with E-state index in [4.69, 9.17) is 5.11 Å². The van der Waals surface area contributed by atoms with E-state index in [0.29, 0.717) is 6.42 Å². The van der Waals surface area contributed by atoms with Crippen LogP contribution in [0.2, 0.25) is 0 Å². The quantitative estimate of drug-likeness (QED) is 0.879. The van der Waals surface area contributed by atoms with Crippen LogP contribution in [0, 0.1) is 11.8 Å². The summed E-state index contributed by atoms with van der Waals surface area (Å²) in [4.78, 5) is 23.2. The summed E-state index contributed by atoms with van der Waals surface area (Å²) in [6.07, 6.45) is 4.98. The molecule has 3 atom stereocenters. The monoisotopic (exact) mass is 301 g/mol. The third-order valence-electron chi connectivity index (χ3n) is 5.48. The zero-order chi connectivity index (χ0) is 15.7. The van der Waals surface area contributed by atoms with Crippen molar-refractivity contribution in [2.45, 2.75) is 50.5 Å². The van der Waals surface area contributed by atoms with Crippen molar-refractivity contribution in [1.29, 1.82) is 0 Å². The van der Waals surface area contributed by atoms with Gasteiger partial charge in [-0.25, -0.2) is 0 Å². The summed E-state index contributed by atoms with van der Waals surface area (Å²) < 4.78 is 0. The van der Waals surface area contributed by atoms with E-state index in [1.807, 2.05) is 18.2 Å². The number of carboxylic acid groups (broad SMARTS) is 1. The Hall–Kier alpha value is -1.84. The average molecular weight is 301 g/mol. The first-order valence-corrected chi connectivity index (χ1v) is 8.13. The maximum Gasteiger partial charge on any atom is 0.307 e. The molecule has 0 radical (unpaired) electrons. The zero-order valence-electron chi connectivity index (χ0n) is 12.9. The lowest BCUT2D eigenvalue weighted by Gasteiger charge is -2.36. The molecule has 3 rings (SSSR count). The number of benzene rings is 1. The summed E-state index contributed by atoms with van der Waals surface area (Å²) in [5, 5.41) is 12.1. The maximum atomic E-state index is 12.3. The van der Waals surface area contributed by atoms with Gasteiger partial charge in [-0.05, 0) is 31.7 Å². The number of hydrogen-bond acceptors (Lipinski definition) is 2. The molecule has 1 amide bonds. The van der Waals surface area contributed by atoms with Crippen LogP contribution in [-0.2, 0) is 15.0 Å². The zero-order valence-corrected chi connectivity index (χ0v) is 12.9. The number of aliphatic carboxylic acids is 1. The predicted octanol–water partition coefficient (Wildman–Crippen LogP) is 2.72. The standard InChI is InChI=1S/C18H23NO3/c1-12(19-16(20)14-11-15(14)17(21)22)18(9-5-6-10-18)13-7-3-2-4-8-13/h2-4,7-8,12,14-15H,5-6,9-11H2,1H3,(H,19,20)(H,21,22). The first kappa shape index (κ1) is 15.1. The van der Waals surface area contributed by atoms with E-state index in [-0.39, 0.29) is 23.3 Å². The molecule has 0 bridgehead atoms. The largest absolute Gasteiger partial charge is 0.481 e. The molecule has 0 aromatic heterocycles. The van der Waals surface area contributed by atoms with Crippen LogP contribution in [0.25, 0.3) is 0 Å². The van der Waals surface area contributed by atoms with E-state index < -0.39 is 11.9 Å². The van der Waals surface area contributed by atoms with E-state index >= 15 is 0 Å². The Kier molecular flexibility index (Phi) is 3.94. The lowest BCUT2D eigenvalue weighted by atomic mass is 9.73. The third kappa shape index (κ3) is 2.62. The van der Waals surface area contributed by atoms with Crippen LogP contribution in [0.4, 0.5) is 0 Å². The van der Waals surface area contributed by atoms with Crippen molar-refractivity contribution in [2.75, 3.05) is 0 Å². The van der Waals surface area contributed by atoms with Gasteiger partial charge in [0.15, 0.2) is 0 Å². The van der Waals surface area contributed by atoms with Gasteiger partial charge in [-0.3, -0.25) is 9.59 Å². The minimum atomic E-state index is -0.855.